The summed E-state index contributed by atoms with van der Waals surface area (Å²) in [6.45, 7) is 1.86. The van der Waals surface area contributed by atoms with Crippen molar-refractivity contribution in [2.24, 2.45) is 11.0 Å². The van der Waals surface area contributed by atoms with E-state index < -0.39 is 29.1 Å². The second-order valence-electron chi connectivity index (χ2n) is 11.5. The van der Waals surface area contributed by atoms with Crippen LogP contribution in [0.1, 0.15) is 35.4 Å². The van der Waals surface area contributed by atoms with Crippen LogP contribution < -0.4 is 14.2 Å². The van der Waals surface area contributed by atoms with E-state index in [9.17, 15) is 10.2 Å². The van der Waals surface area contributed by atoms with Crippen LogP contribution in [0.4, 0.5) is 5.69 Å². The highest BCUT2D eigenvalue weighted by Crippen LogP contribution is 2.70. The molecule has 0 radical (unpaired) electrons. The van der Waals surface area contributed by atoms with Crippen molar-refractivity contribution >= 4 is 5.69 Å². The molecule has 4 aliphatic rings. The highest BCUT2D eigenvalue weighted by Gasteiger charge is 2.77. The lowest BCUT2D eigenvalue weighted by Crippen LogP contribution is -2.52. The van der Waals surface area contributed by atoms with Gasteiger partial charge in [-0.15, -0.1) is 0 Å². The molecule has 11 heteroatoms. The van der Waals surface area contributed by atoms with E-state index in [0.29, 0.717) is 36.8 Å². The molecule has 0 unspecified atom stereocenters. The average molecular weight is 572 g/mol. The summed E-state index contributed by atoms with van der Waals surface area (Å²) in [5.74, 6) is -0.220. The largest absolute Gasteiger partial charge is 0.481 e. The number of pyridine rings is 1. The summed E-state index contributed by atoms with van der Waals surface area (Å²) in [6, 6.07) is 19.0. The molecule has 2 aromatic carbocycles. The summed E-state index contributed by atoms with van der Waals surface area (Å²) >= 11 is 0. The van der Waals surface area contributed by atoms with Crippen molar-refractivity contribution in [1.29, 1.82) is 0 Å². The molecular weight excluding hydrogens is 538 g/mol. The number of benzene rings is 2. The summed E-state index contributed by atoms with van der Waals surface area (Å²) in [5.41, 5.74) is 7.81. The van der Waals surface area contributed by atoms with E-state index in [1.54, 1.807) is 30.3 Å². The topological polar surface area (TPSA) is 142 Å². The molecule has 1 aliphatic carbocycles. The fraction of sp³-hybridized carbons (Fsp3) is 0.452. The fourth-order valence-corrected chi connectivity index (χ4v) is 7.95. The summed E-state index contributed by atoms with van der Waals surface area (Å²) in [4.78, 5) is 9.83. The fourth-order valence-electron chi connectivity index (χ4n) is 7.95. The summed E-state index contributed by atoms with van der Waals surface area (Å²) in [7, 11) is 2.97. The standard InChI is InChI=1S/C31H33N5O6/c1-39-25-14-24-27(29(33-25)40-2)30(38)28(37)23(15-36-21-12-13-22(36)17-41-16-21)26(18-6-4-3-5-7-18)31(30,42-24)19-8-10-20(11-9-19)34-35-32/h3-11,14,21-23,26,28,37-38H,12-13,15-17H2,1-2H3/t21-,22+,23-,26-,28-,30+,31+/m1/s1. The van der Waals surface area contributed by atoms with Gasteiger partial charge in [0.25, 0.3) is 0 Å². The van der Waals surface area contributed by atoms with Crippen molar-refractivity contribution in [2.75, 3.05) is 34.0 Å². The number of ether oxygens (including phenoxy) is 4. The van der Waals surface area contributed by atoms with Gasteiger partial charge in [-0.1, -0.05) is 59.7 Å². The number of hydrogen-bond donors (Lipinski definition) is 2. The van der Waals surface area contributed by atoms with Crippen molar-refractivity contribution in [1.82, 2.24) is 9.88 Å². The Bertz CT molecular complexity index is 1520. The molecule has 2 N–H and O–H groups in total. The predicted octanol–water partition coefficient (Wildman–Crippen LogP) is 4.15. The van der Waals surface area contributed by atoms with Crippen molar-refractivity contribution in [2.45, 2.75) is 48.1 Å². The van der Waals surface area contributed by atoms with Crippen LogP contribution in [0.15, 0.2) is 65.8 Å². The first kappa shape index (κ1) is 27.0. The first-order valence-electron chi connectivity index (χ1n) is 14.2. The number of nitrogens with zero attached hydrogens (tertiary/aromatic N) is 5. The third-order valence-electron chi connectivity index (χ3n) is 9.68. The van der Waals surface area contributed by atoms with Gasteiger partial charge in [0.1, 0.15) is 5.75 Å². The van der Waals surface area contributed by atoms with Gasteiger partial charge in [-0.25, -0.2) is 0 Å². The lowest BCUT2D eigenvalue weighted by atomic mass is 9.70. The number of morpholine rings is 1. The Kier molecular flexibility index (Phi) is 6.52. The van der Waals surface area contributed by atoms with Crippen LogP contribution in [0.3, 0.4) is 0 Å². The van der Waals surface area contributed by atoms with Crippen molar-refractivity contribution in [3.63, 3.8) is 0 Å². The number of aromatic nitrogens is 1. The molecule has 7 rings (SSSR count). The molecule has 2 bridgehead atoms. The monoisotopic (exact) mass is 571 g/mol. The molecule has 3 fully saturated rings. The molecule has 1 saturated carbocycles. The number of hydrogen-bond acceptors (Lipinski definition) is 9. The molecule has 218 valence electrons. The molecule has 1 aromatic heterocycles. The average Bonchev–Trinajstić information content (AvgIpc) is 3.48. The third-order valence-corrected chi connectivity index (χ3v) is 9.68. The Morgan fingerprint density at radius 3 is 2.43 bits per heavy atom. The van der Waals surface area contributed by atoms with Gasteiger partial charge in [0, 0.05) is 47.1 Å². The number of azide groups is 1. The maximum atomic E-state index is 13.1. The minimum Gasteiger partial charge on any atom is -0.481 e. The van der Waals surface area contributed by atoms with Gasteiger partial charge in [-0.05, 0) is 29.5 Å². The van der Waals surface area contributed by atoms with Crippen LogP contribution in [0, 0.1) is 5.92 Å². The summed E-state index contributed by atoms with van der Waals surface area (Å²) in [5, 5.41) is 29.3. The maximum Gasteiger partial charge on any atom is 0.226 e. The zero-order valence-electron chi connectivity index (χ0n) is 23.5. The zero-order chi connectivity index (χ0) is 29.1. The number of methoxy groups -OCH3 is 2. The Labute approximate surface area is 243 Å². The second-order valence-corrected chi connectivity index (χ2v) is 11.5. The highest BCUT2D eigenvalue weighted by molar-refractivity contribution is 5.60. The normalized spacial score (nSPS) is 32.9. The Morgan fingerprint density at radius 2 is 1.79 bits per heavy atom. The molecule has 4 heterocycles. The Morgan fingerprint density at radius 1 is 1.07 bits per heavy atom. The molecular formula is C31H33N5O6. The Balaban J connectivity index is 1.48. The smallest absolute Gasteiger partial charge is 0.226 e. The first-order valence-corrected chi connectivity index (χ1v) is 14.2. The van der Waals surface area contributed by atoms with E-state index in [2.05, 4.69) is 19.9 Å². The van der Waals surface area contributed by atoms with Gasteiger partial charge < -0.3 is 29.2 Å². The minimum atomic E-state index is -1.95. The molecule has 0 spiro atoms. The van der Waals surface area contributed by atoms with Crippen molar-refractivity contribution in [3.8, 4) is 17.5 Å². The van der Waals surface area contributed by atoms with Gasteiger partial charge in [0.15, 0.2) is 11.2 Å². The molecule has 2 saturated heterocycles. The number of aliphatic hydroxyl groups excluding tert-OH is 1. The van der Waals surface area contributed by atoms with Crippen molar-refractivity contribution in [3.05, 3.63) is 87.8 Å². The number of aliphatic hydroxyl groups is 2. The predicted molar refractivity (Wildman–Crippen MR) is 152 cm³/mol. The van der Waals surface area contributed by atoms with Crippen LogP contribution >= 0.6 is 0 Å². The number of fused-ring (bicyclic) bond motifs is 5. The van der Waals surface area contributed by atoms with Gasteiger partial charge in [-0.2, -0.15) is 4.98 Å². The van der Waals surface area contributed by atoms with Crippen LogP contribution in [0.25, 0.3) is 10.4 Å². The molecule has 42 heavy (non-hydrogen) atoms. The molecule has 7 atom stereocenters. The van der Waals surface area contributed by atoms with E-state index in [1.165, 1.54) is 14.2 Å². The van der Waals surface area contributed by atoms with Gasteiger partial charge in [0.2, 0.25) is 11.8 Å². The first-order chi connectivity index (χ1) is 20.5. The third kappa shape index (κ3) is 3.68. The molecule has 0 amide bonds. The molecule has 3 aromatic rings. The molecule has 11 nitrogen and oxygen atoms in total. The van der Waals surface area contributed by atoms with Gasteiger partial charge in [0.05, 0.1) is 39.1 Å². The lowest BCUT2D eigenvalue weighted by molar-refractivity contribution is -0.153. The highest BCUT2D eigenvalue weighted by atomic mass is 16.5. The zero-order valence-corrected chi connectivity index (χ0v) is 23.5. The Hall–Kier alpha value is -3.86. The van der Waals surface area contributed by atoms with E-state index in [1.807, 2.05) is 30.3 Å². The maximum absolute atomic E-state index is 13.1. The van der Waals surface area contributed by atoms with Gasteiger partial charge in [-0.3, -0.25) is 4.90 Å². The van der Waals surface area contributed by atoms with Crippen molar-refractivity contribution < 1.29 is 29.2 Å². The van der Waals surface area contributed by atoms with E-state index in [0.717, 1.165) is 18.4 Å². The van der Waals surface area contributed by atoms with Crippen LogP contribution in [0.2, 0.25) is 0 Å². The van der Waals surface area contributed by atoms with E-state index in [4.69, 9.17) is 24.5 Å². The second kappa shape index (κ2) is 10.1. The number of rotatable bonds is 7. The van der Waals surface area contributed by atoms with Crippen LogP contribution in [0.5, 0.6) is 17.5 Å². The van der Waals surface area contributed by atoms with Crippen LogP contribution in [-0.4, -0.2) is 72.3 Å². The van der Waals surface area contributed by atoms with E-state index in [-0.39, 0.29) is 29.4 Å². The van der Waals surface area contributed by atoms with Crippen LogP contribution in [-0.2, 0) is 15.9 Å². The molecule has 3 aliphatic heterocycles. The lowest BCUT2D eigenvalue weighted by Gasteiger charge is -2.41. The van der Waals surface area contributed by atoms with E-state index >= 15 is 0 Å². The summed E-state index contributed by atoms with van der Waals surface area (Å²) in [6.07, 6.45) is 0.819. The SMILES string of the molecule is COc1cc2c(c(OC)n1)[C@]1(O)[C@H](O)[C@H](CN3[C@@H]4CC[C@H]3COC4)[C@@H](c3ccccc3)[C@]1(c1ccc(N=[N+]=[N-])cc1)O2. The van der Waals surface area contributed by atoms with Gasteiger partial charge >= 0.3 is 0 Å². The quantitative estimate of drug-likeness (QED) is 0.245. The summed E-state index contributed by atoms with van der Waals surface area (Å²) < 4.78 is 23.9. The minimum absolute atomic E-state index is 0.123.